The summed E-state index contributed by atoms with van der Waals surface area (Å²) in [6.45, 7) is 2.10. The molecule has 168 valence electrons. The average Bonchev–Trinajstić information content (AvgIpc) is 2.97. The van der Waals surface area contributed by atoms with Crippen LogP contribution in [0.15, 0.2) is 48.5 Å². The van der Waals surface area contributed by atoms with E-state index in [0.717, 1.165) is 12.1 Å². The second-order valence-electron chi connectivity index (χ2n) is 7.18. The molecule has 2 aromatic carbocycles. The topological polar surface area (TPSA) is 117 Å². The molecule has 3 N–H and O–H groups in total. The summed E-state index contributed by atoms with van der Waals surface area (Å²) in [4.78, 5) is 49.9. The number of nitrogens with zero attached hydrogens (tertiary/aromatic N) is 1. The third kappa shape index (κ3) is 4.66. The summed E-state index contributed by atoms with van der Waals surface area (Å²) < 4.78 is 32.0. The van der Waals surface area contributed by atoms with Gasteiger partial charge in [-0.05, 0) is 43.7 Å². The van der Waals surface area contributed by atoms with Crippen LogP contribution in [0, 0.1) is 11.6 Å². The zero-order valence-corrected chi connectivity index (χ0v) is 17.1. The van der Waals surface area contributed by atoms with Gasteiger partial charge in [0, 0.05) is 0 Å². The van der Waals surface area contributed by atoms with Gasteiger partial charge in [-0.2, -0.15) is 0 Å². The van der Waals surface area contributed by atoms with E-state index in [1.54, 1.807) is 0 Å². The Kier molecular flexibility index (Phi) is 6.37. The number of amides is 5. The van der Waals surface area contributed by atoms with Gasteiger partial charge in [-0.1, -0.05) is 24.3 Å². The Hall–Kier alpha value is -4.02. The molecule has 3 rings (SSSR count). The molecule has 32 heavy (non-hydrogen) atoms. The van der Waals surface area contributed by atoms with Gasteiger partial charge in [-0.25, -0.2) is 13.6 Å². The summed E-state index contributed by atoms with van der Waals surface area (Å²) >= 11 is 0. The molecule has 11 heteroatoms. The smallest absolute Gasteiger partial charge is 0.325 e. The lowest BCUT2D eigenvalue weighted by atomic mass is 9.92. The summed E-state index contributed by atoms with van der Waals surface area (Å²) in [7, 11) is 0. The molecule has 0 radical (unpaired) electrons. The summed E-state index contributed by atoms with van der Waals surface area (Å²) in [5.41, 5.74) is 3.02. The Balaban J connectivity index is 1.56. The number of nitrogens with one attached hydrogen (secondary N) is 3. The van der Waals surface area contributed by atoms with Gasteiger partial charge >= 0.3 is 6.03 Å². The largest absolute Gasteiger partial charge is 0.478 e. The minimum absolute atomic E-state index is 0.138. The highest BCUT2D eigenvalue weighted by atomic mass is 19.1. The zero-order chi connectivity index (χ0) is 23.5. The molecule has 1 aliphatic rings. The van der Waals surface area contributed by atoms with Gasteiger partial charge in [0.1, 0.15) is 17.9 Å². The van der Waals surface area contributed by atoms with E-state index in [9.17, 15) is 28.0 Å². The number of benzene rings is 2. The summed E-state index contributed by atoms with van der Waals surface area (Å²) in [6, 6.07) is 9.69. The molecule has 2 atom stereocenters. The van der Waals surface area contributed by atoms with E-state index in [4.69, 9.17) is 4.74 Å². The molecule has 1 fully saturated rings. The van der Waals surface area contributed by atoms with Gasteiger partial charge in [0.2, 0.25) is 0 Å². The van der Waals surface area contributed by atoms with E-state index in [-0.39, 0.29) is 5.75 Å². The molecule has 5 amide bonds. The van der Waals surface area contributed by atoms with Crippen LogP contribution >= 0.6 is 0 Å². The quantitative estimate of drug-likeness (QED) is 0.458. The Morgan fingerprint density at radius 3 is 2.41 bits per heavy atom. The van der Waals surface area contributed by atoms with Crippen LogP contribution in [0.2, 0.25) is 0 Å². The van der Waals surface area contributed by atoms with Crippen molar-refractivity contribution in [1.29, 1.82) is 0 Å². The number of hydrogen-bond acceptors (Lipinski definition) is 5. The number of urea groups is 1. The molecular formula is C21H20F2N4O5. The first-order chi connectivity index (χ1) is 15.1. The normalized spacial score (nSPS) is 18.7. The number of imide groups is 1. The first kappa shape index (κ1) is 22.7. The maximum absolute atomic E-state index is 13.6. The fraction of sp³-hybridized carbons (Fsp3) is 0.238. The number of ether oxygens (including phenoxy) is 1. The maximum atomic E-state index is 13.6. The minimum Gasteiger partial charge on any atom is -0.478 e. The van der Waals surface area contributed by atoms with E-state index in [1.807, 2.05) is 0 Å². The molecule has 0 aromatic heterocycles. The zero-order valence-electron chi connectivity index (χ0n) is 17.1. The fourth-order valence-electron chi connectivity index (χ4n) is 3.02. The molecule has 1 saturated heterocycles. The SMILES string of the molecule is C[C@@H](Oc1ccccc1F)C(=O)NNC(=O)CN1C(=O)N[C@](C)(c2ccc(F)cc2)C1=O. The van der Waals surface area contributed by atoms with E-state index < -0.39 is 53.6 Å². The van der Waals surface area contributed by atoms with Gasteiger partial charge in [0.15, 0.2) is 17.7 Å². The summed E-state index contributed by atoms with van der Waals surface area (Å²) in [5, 5.41) is 2.48. The Labute approximate surface area is 181 Å². The Morgan fingerprint density at radius 1 is 1.09 bits per heavy atom. The van der Waals surface area contributed by atoms with Crippen molar-refractivity contribution in [2.45, 2.75) is 25.5 Å². The van der Waals surface area contributed by atoms with Crippen molar-refractivity contribution in [3.8, 4) is 5.75 Å². The van der Waals surface area contributed by atoms with Crippen molar-refractivity contribution in [1.82, 2.24) is 21.1 Å². The van der Waals surface area contributed by atoms with E-state index in [2.05, 4.69) is 16.2 Å². The fourth-order valence-corrected chi connectivity index (χ4v) is 3.02. The van der Waals surface area contributed by atoms with E-state index >= 15 is 0 Å². The molecule has 1 aliphatic heterocycles. The lowest BCUT2D eigenvalue weighted by molar-refractivity contribution is -0.136. The molecule has 0 spiro atoms. The molecule has 2 aromatic rings. The average molecular weight is 446 g/mol. The predicted molar refractivity (Wildman–Crippen MR) is 107 cm³/mol. The van der Waals surface area contributed by atoms with Crippen LogP contribution in [0.5, 0.6) is 5.75 Å². The highest BCUT2D eigenvalue weighted by Gasteiger charge is 2.49. The maximum Gasteiger partial charge on any atom is 0.325 e. The first-order valence-electron chi connectivity index (χ1n) is 9.52. The summed E-state index contributed by atoms with van der Waals surface area (Å²) in [6.07, 6.45) is -1.15. The highest BCUT2D eigenvalue weighted by Crippen LogP contribution is 2.28. The lowest BCUT2D eigenvalue weighted by Gasteiger charge is -2.22. The van der Waals surface area contributed by atoms with Crippen LogP contribution in [-0.2, 0) is 19.9 Å². The van der Waals surface area contributed by atoms with Crippen molar-refractivity contribution >= 4 is 23.8 Å². The molecule has 1 heterocycles. The standard InChI is InChI=1S/C21H20F2N4O5/c1-12(32-16-6-4-3-5-15(16)23)18(29)26-25-17(28)11-27-19(30)21(2,24-20(27)31)13-7-9-14(22)10-8-13/h3-10,12H,11H2,1-2H3,(H,24,31)(H,25,28)(H,26,29)/t12-,21-/m1/s1. The van der Waals surface area contributed by atoms with E-state index in [1.165, 1.54) is 50.2 Å². The van der Waals surface area contributed by atoms with Crippen LogP contribution in [0.4, 0.5) is 13.6 Å². The van der Waals surface area contributed by atoms with Crippen LogP contribution in [0.3, 0.4) is 0 Å². The number of carbonyl (C=O) groups excluding carboxylic acids is 4. The van der Waals surface area contributed by atoms with Crippen molar-refractivity contribution in [2.75, 3.05) is 6.54 Å². The Bertz CT molecular complexity index is 1060. The second-order valence-corrected chi connectivity index (χ2v) is 7.18. The van der Waals surface area contributed by atoms with Gasteiger partial charge in [-0.3, -0.25) is 30.1 Å². The van der Waals surface area contributed by atoms with Crippen LogP contribution in [0.1, 0.15) is 19.4 Å². The van der Waals surface area contributed by atoms with Gasteiger partial charge < -0.3 is 10.1 Å². The number of rotatable bonds is 6. The predicted octanol–water partition coefficient (Wildman–Crippen LogP) is 1.35. The minimum atomic E-state index is -1.48. The first-order valence-corrected chi connectivity index (χ1v) is 9.52. The molecule has 0 aliphatic carbocycles. The number of para-hydroxylation sites is 1. The molecule has 0 unspecified atom stereocenters. The monoisotopic (exact) mass is 446 g/mol. The van der Waals surface area contributed by atoms with Crippen molar-refractivity contribution < 1.29 is 32.7 Å². The van der Waals surface area contributed by atoms with Crippen molar-refractivity contribution in [3.63, 3.8) is 0 Å². The molecule has 9 nitrogen and oxygen atoms in total. The molecule has 0 bridgehead atoms. The van der Waals surface area contributed by atoms with E-state index in [0.29, 0.717) is 10.5 Å². The molecule has 0 saturated carbocycles. The third-order valence-corrected chi connectivity index (χ3v) is 4.83. The number of hydrazine groups is 1. The highest BCUT2D eigenvalue weighted by molar-refractivity contribution is 6.09. The number of halogens is 2. The van der Waals surface area contributed by atoms with Crippen LogP contribution < -0.4 is 20.9 Å². The number of hydrogen-bond donors (Lipinski definition) is 3. The summed E-state index contributed by atoms with van der Waals surface area (Å²) in [5.74, 6) is -3.65. The third-order valence-electron chi connectivity index (χ3n) is 4.83. The second kappa shape index (κ2) is 9.00. The lowest BCUT2D eigenvalue weighted by Crippen LogP contribution is -2.51. The van der Waals surface area contributed by atoms with Crippen molar-refractivity contribution in [3.05, 3.63) is 65.7 Å². The Morgan fingerprint density at radius 2 is 1.75 bits per heavy atom. The van der Waals surface area contributed by atoms with Gasteiger partial charge in [0.05, 0.1) is 0 Å². The van der Waals surface area contributed by atoms with Gasteiger partial charge in [0.25, 0.3) is 17.7 Å². The molecular weight excluding hydrogens is 426 g/mol. The van der Waals surface area contributed by atoms with Gasteiger partial charge in [-0.15, -0.1) is 0 Å². The van der Waals surface area contributed by atoms with Crippen LogP contribution in [0.25, 0.3) is 0 Å². The number of carbonyl (C=O) groups is 4. The van der Waals surface area contributed by atoms with Crippen molar-refractivity contribution in [2.24, 2.45) is 0 Å². The van der Waals surface area contributed by atoms with Crippen LogP contribution in [-0.4, -0.2) is 41.3 Å².